The van der Waals surface area contributed by atoms with Crippen molar-refractivity contribution in [2.24, 2.45) is 20.5 Å². The Bertz CT molecular complexity index is 4640. The van der Waals surface area contributed by atoms with Crippen molar-refractivity contribution < 1.29 is 243 Å². The average molecular weight is 1390 g/mol. The second kappa shape index (κ2) is 36.8. The van der Waals surface area contributed by atoms with Crippen molar-refractivity contribution in [2.75, 3.05) is 21.5 Å². The summed E-state index contributed by atoms with van der Waals surface area (Å²) in [6.45, 7) is 0. The number of phenols is 2. The van der Waals surface area contributed by atoms with Gasteiger partial charge in [0.1, 0.15) is 41.7 Å². The van der Waals surface area contributed by atoms with Gasteiger partial charge in [0.05, 0.1) is 72.4 Å². The van der Waals surface area contributed by atoms with Crippen molar-refractivity contribution in [2.45, 2.75) is 37.3 Å². The topological polar surface area (TPSA) is 608 Å². The van der Waals surface area contributed by atoms with E-state index >= 15 is 0 Å². The van der Waals surface area contributed by atoms with Gasteiger partial charge in [-0.3, -0.25) is 51.3 Å². The van der Waals surface area contributed by atoms with Gasteiger partial charge in [-0.2, -0.15) is 33.7 Å². The molecule has 0 radical (unpaired) electrons. The third-order valence-corrected chi connectivity index (χ3v) is 14.6. The number of carboxylic acids is 1. The Kier molecular flexibility index (Phi) is 33.2. The maximum Gasteiger partial charge on any atom is 1.00 e. The third kappa shape index (κ3) is 22.5. The first-order valence-corrected chi connectivity index (χ1v) is 28.6. The number of rotatable bonds is 25. The summed E-state index contributed by atoms with van der Waals surface area (Å²) >= 11 is 0.387. The van der Waals surface area contributed by atoms with Gasteiger partial charge in [-0.1, -0.05) is 18.2 Å². The molecule has 50 heteroatoms. The van der Waals surface area contributed by atoms with Crippen LogP contribution in [0.1, 0.15) is 23.2 Å². The number of aromatic hydroxyl groups is 2. The molecule has 6 aromatic carbocycles. The number of aromatic carboxylic acids is 1. The van der Waals surface area contributed by atoms with Crippen molar-refractivity contribution >= 4 is 152 Å². The summed E-state index contributed by atoms with van der Waals surface area (Å²) in [6, 6.07) is 14.4. The second-order valence-corrected chi connectivity index (χ2v) is 22.2. The van der Waals surface area contributed by atoms with E-state index in [1.807, 2.05) is 0 Å². The van der Waals surface area contributed by atoms with Crippen LogP contribution in [0.5, 0.6) is 11.5 Å². The summed E-state index contributed by atoms with van der Waals surface area (Å²) in [5, 5.41) is 81.9. The molecule has 39 nitrogen and oxygen atoms in total. The molecular weight excluding hydrogens is 1360 g/mol. The number of nitrogens with one attached hydrogen (secondary N) is 8. The van der Waals surface area contributed by atoms with Crippen LogP contribution in [-0.2, 0) is 58.7 Å². The van der Waals surface area contributed by atoms with Gasteiger partial charge in [0.15, 0.2) is 11.5 Å². The largest absolute Gasteiger partial charge is 1.00 e. The summed E-state index contributed by atoms with van der Waals surface area (Å²) in [7, 11) is -15.7. The molecule has 2 heterocycles. The number of aromatic nitrogens is 6. The smallest absolute Gasteiger partial charge is 0.744 e. The molecule has 2 amide bonds. The van der Waals surface area contributed by atoms with Crippen LogP contribution in [0.4, 0.5) is 57.9 Å². The molecule has 0 aliphatic heterocycles. The molecule has 8 rings (SSSR count). The SMILES string of the molecule is O=C(CCC(=O)NNc1nc(Nc2cc(SOO[O-])cc3cc(S(=O)(=O)[O-])c(N=Nc4ccc(S(=O)(=O)[O-])cc4)c(O)c23)nc(=O)[nH]1)NNc1nc(Nc2cc(S(=O)(=O)[O-])cc3cc(SOO[O-])c(N=Nc4ccccc4C(=O)[O-])c(O)c23)nc(=O)[nH]1.[Li+].[Li+].[Li+].[Na+].[Na+].[Na+]. The van der Waals surface area contributed by atoms with E-state index in [1.165, 1.54) is 18.2 Å². The standard InChI is InChI=1S/C43H34N16O23S5.3Li.3Na/c60-29(54-58-40-46-38(48-42(66)50-40)44-25-15-20(83-81-79-68)11-17-14-28(87(76,77)78)34(36(63)31(17)25)57-52-19-5-7-21(8-6-19)85(70,71)72)9-10-30(61)55-59-41-47-39(49-43(67)51-41)45-26-16-22(86(73,74)75)12-18-13-27(84-82-80-69)33(35(62)32(18)26)56-53-24-4-2-1-3-23(24)37(64)65;;;;;;/h1-8,11-16,62-63,68-69H,9-10H2,(H,54,60)(H,55,61)(H,64,65)(H,70,71,72)(H,73,74,75)(H,76,77,78)(H3,44,46,48,50,58,66)(H3,45,47,49,51,59,67);;;;;;/q;6*+1/p-6. The zero-order valence-electron chi connectivity index (χ0n) is 48.1. The molecule has 93 heavy (non-hydrogen) atoms. The fraction of sp³-hybridized carbons (Fsp3) is 0.0465. The normalized spacial score (nSPS) is 11.2. The van der Waals surface area contributed by atoms with Crippen LogP contribution in [-0.4, -0.2) is 96.8 Å². The Morgan fingerprint density at radius 2 is 1.08 bits per heavy atom. The van der Waals surface area contributed by atoms with Gasteiger partial charge in [-0.25, -0.2) is 34.8 Å². The summed E-state index contributed by atoms with van der Waals surface area (Å²) in [5.74, 6) is -7.81. The average Bonchev–Trinajstić information content (AvgIpc) is 0.775. The maximum absolute atomic E-state index is 12.9. The number of carbonyl (C=O) groups is 3. The minimum atomic E-state index is -5.49. The maximum atomic E-state index is 12.9. The number of azo groups is 2. The van der Waals surface area contributed by atoms with Crippen LogP contribution in [0.25, 0.3) is 21.5 Å². The van der Waals surface area contributed by atoms with Gasteiger partial charge in [0.25, 0.3) is 0 Å². The minimum absolute atomic E-state index is 0. The molecule has 0 atom stereocenters. The Morgan fingerprint density at radius 1 is 0.581 bits per heavy atom. The summed E-state index contributed by atoms with van der Waals surface area (Å²) in [6.07, 6.45) is -1.22. The first-order chi connectivity index (χ1) is 41.2. The molecule has 0 aliphatic carbocycles. The van der Waals surface area contributed by atoms with E-state index in [-0.39, 0.29) is 218 Å². The molecule has 2 aromatic heterocycles. The quantitative estimate of drug-likeness (QED) is 0.00634. The van der Waals surface area contributed by atoms with E-state index in [9.17, 15) is 88.7 Å². The molecule has 0 saturated heterocycles. The number of hydrogen-bond acceptors (Lipinski definition) is 37. The van der Waals surface area contributed by atoms with Gasteiger partial charge >= 0.3 is 157 Å². The van der Waals surface area contributed by atoms with E-state index in [0.717, 1.165) is 60.7 Å². The Balaban J connectivity index is 0.00000491. The van der Waals surface area contributed by atoms with Gasteiger partial charge < -0.3 is 54.9 Å². The number of phenolic OH excluding ortho intramolecular Hbond substituents is 2. The van der Waals surface area contributed by atoms with Gasteiger partial charge in [-0.15, -0.1) is 15.3 Å². The van der Waals surface area contributed by atoms with Crippen LogP contribution in [0.3, 0.4) is 0 Å². The molecule has 0 spiro atoms. The molecule has 0 saturated carbocycles. The zero-order valence-corrected chi connectivity index (χ0v) is 58.2. The van der Waals surface area contributed by atoms with Crippen molar-refractivity contribution in [3.63, 3.8) is 0 Å². The predicted octanol–water partition coefficient (Wildman–Crippen LogP) is -17.4. The van der Waals surface area contributed by atoms with E-state index in [2.05, 4.69) is 101 Å². The summed E-state index contributed by atoms with van der Waals surface area (Å²) < 4.78 is 117. The van der Waals surface area contributed by atoms with Crippen LogP contribution in [0, 0.1) is 0 Å². The Labute approximate surface area is 630 Å². The number of hydrogen-bond donors (Lipinski definition) is 10. The summed E-state index contributed by atoms with van der Waals surface area (Å²) in [5.41, 5.74) is 3.31. The number of nitrogens with zero attached hydrogens (tertiary/aromatic N) is 8. The first-order valence-electron chi connectivity index (χ1n) is 22.8. The molecule has 0 bridgehead atoms. The fourth-order valence-corrected chi connectivity index (χ4v) is 9.92. The second-order valence-electron chi connectivity index (χ2n) is 16.5. The van der Waals surface area contributed by atoms with E-state index in [1.54, 1.807) is 0 Å². The van der Waals surface area contributed by atoms with Crippen LogP contribution >= 0.6 is 24.1 Å². The molecule has 454 valence electrons. The van der Waals surface area contributed by atoms with Crippen LogP contribution in [0.2, 0.25) is 0 Å². The number of fused-ring (bicyclic) bond motifs is 2. The van der Waals surface area contributed by atoms with E-state index in [4.69, 9.17) is 0 Å². The van der Waals surface area contributed by atoms with E-state index < -0.39 is 145 Å². The third-order valence-electron chi connectivity index (χ3n) is 10.9. The Morgan fingerprint density at radius 3 is 1.59 bits per heavy atom. The number of amides is 2. The minimum Gasteiger partial charge on any atom is -0.744 e. The molecule has 0 unspecified atom stereocenters. The van der Waals surface area contributed by atoms with Crippen LogP contribution in [0.15, 0.2) is 139 Å². The number of benzene rings is 6. The monoisotopic (exact) mass is 1390 g/mol. The number of H-pyrrole nitrogens is 2. The number of carboxylic acid groups (broad SMARTS) is 1. The predicted molar refractivity (Wildman–Crippen MR) is 281 cm³/mol. The number of anilines is 6. The number of carbonyl (C=O) groups excluding carboxylic acids is 3. The zero-order chi connectivity index (χ0) is 63.0. The molecule has 0 aliphatic rings. The molecule has 8 aromatic rings. The molecule has 0 fully saturated rings. The van der Waals surface area contributed by atoms with Crippen molar-refractivity contribution in [3.8, 4) is 11.5 Å². The van der Waals surface area contributed by atoms with E-state index in [0.29, 0.717) is 6.07 Å². The Hall–Kier alpha value is -5.15. The van der Waals surface area contributed by atoms with Gasteiger partial charge in [0.2, 0.25) is 35.6 Å². The first kappa shape index (κ1) is 83.9. The number of aromatic amines is 2. The fourth-order valence-electron chi connectivity index (χ4n) is 7.33. The number of hydrazine groups is 2. The van der Waals surface area contributed by atoms with Crippen molar-refractivity contribution in [1.82, 2.24) is 40.8 Å². The van der Waals surface area contributed by atoms with Crippen molar-refractivity contribution in [1.29, 1.82) is 0 Å². The molecular formula is C43H28Li3N16Na3O23S5. The van der Waals surface area contributed by atoms with Gasteiger partial charge in [-0.05, 0) is 77.5 Å². The van der Waals surface area contributed by atoms with Crippen molar-refractivity contribution in [3.05, 3.63) is 111 Å². The van der Waals surface area contributed by atoms with Gasteiger partial charge in [0, 0.05) is 34.1 Å². The summed E-state index contributed by atoms with van der Waals surface area (Å²) in [4.78, 5) is 79.2. The molecule has 10 N–H and O–H groups in total. The van der Waals surface area contributed by atoms with Crippen LogP contribution < -0.4 is 205 Å².